The fraction of sp³-hybridized carbons (Fsp3) is 1.00. The van der Waals surface area contributed by atoms with E-state index in [1.807, 2.05) is 0 Å². The van der Waals surface area contributed by atoms with Crippen molar-refractivity contribution in [2.24, 2.45) is 5.73 Å². The van der Waals surface area contributed by atoms with Gasteiger partial charge in [0, 0.05) is 19.1 Å². The lowest BCUT2D eigenvalue weighted by molar-refractivity contribution is 0.157. The molecule has 0 aromatic carbocycles. The van der Waals surface area contributed by atoms with E-state index in [0.717, 1.165) is 19.1 Å². The van der Waals surface area contributed by atoms with Crippen LogP contribution in [0.15, 0.2) is 0 Å². The molecule has 2 nitrogen and oxygen atoms in total. The van der Waals surface area contributed by atoms with Crippen LogP contribution in [0.25, 0.3) is 0 Å². The van der Waals surface area contributed by atoms with Crippen LogP contribution in [-0.2, 0) is 0 Å². The van der Waals surface area contributed by atoms with Gasteiger partial charge >= 0.3 is 0 Å². The molecule has 1 aliphatic carbocycles. The second-order valence-corrected chi connectivity index (χ2v) is 5.53. The van der Waals surface area contributed by atoms with E-state index in [2.05, 4.69) is 11.8 Å². The van der Waals surface area contributed by atoms with Crippen LogP contribution in [0, 0.1) is 0 Å². The lowest BCUT2D eigenvalue weighted by Crippen LogP contribution is -2.40. The van der Waals surface area contributed by atoms with Gasteiger partial charge in [-0.15, -0.1) is 0 Å². The Balaban J connectivity index is 2.17. The Labute approximate surface area is 108 Å². The molecule has 1 aliphatic rings. The van der Waals surface area contributed by atoms with Crippen molar-refractivity contribution in [2.45, 2.75) is 77.2 Å². The summed E-state index contributed by atoms with van der Waals surface area (Å²) in [6.45, 7) is 5.50. The summed E-state index contributed by atoms with van der Waals surface area (Å²) >= 11 is 0. The number of unbranched alkanes of at least 4 members (excludes halogenated alkanes) is 4. The smallest absolute Gasteiger partial charge is 0.0108 e. The van der Waals surface area contributed by atoms with Gasteiger partial charge in [-0.3, -0.25) is 4.90 Å². The molecule has 0 unspecified atom stereocenters. The minimum absolute atomic E-state index is 0.825. The van der Waals surface area contributed by atoms with Gasteiger partial charge in [0.2, 0.25) is 0 Å². The highest BCUT2D eigenvalue weighted by atomic mass is 15.2. The fourth-order valence-corrected chi connectivity index (χ4v) is 3.01. The molecule has 0 heterocycles. The molecule has 0 aromatic heterocycles. The normalized spacial score (nSPS) is 17.8. The summed E-state index contributed by atoms with van der Waals surface area (Å²) in [6, 6.07) is 0.846. The Kier molecular flexibility index (Phi) is 8.72. The van der Waals surface area contributed by atoms with E-state index in [4.69, 9.17) is 5.73 Å². The van der Waals surface area contributed by atoms with Gasteiger partial charge in [0.05, 0.1) is 0 Å². The largest absolute Gasteiger partial charge is 0.329 e. The van der Waals surface area contributed by atoms with Crippen molar-refractivity contribution in [3.63, 3.8) is 0 Å². The number of hydrogen-bond acceptors (Lipinski definition) is 2. The molecule has 17 heavy (non-hydrogen) atoms. The van der Waals surface area contributed by atoms with E-state index in [-0.39, 0.29) is 0 Å². The molecule has 2 heteroatoms. The molecule has 0 atom stereocenters. The van der Waals surface area contributed by atoms with Crippen LogP contribution in [-0.4, -0.2) is 30.6 Å². The van der Waals surface area contributed by atoms with Crippen LogP contribution in [0.1, 0.15) is 71.1 Å². The first-order valence-corrected chi connectivity index (χ1v) is 7.82. The molecule has 0 saturated heterocycles. The summed E-state index contributed by atoms with van der Waals surface area (Å²) in [7, 11) is 0. The molecule has 1 saturated carbocycles. The van der Waals surface area contributed by atoms with E-state index in [9.17, 15) is 0 Å². The molecule has 0 spiro atoms. The molecule has 0 radical (unpaired) electrons. The van der Waals surface area contributed by atoms with E-state index in [0.29, 0.717) is 0 Å². The lowest BCUT2D eigenvalue weighted by Gasteiger charge is -2.34. The SMILES string of the molecule is CCCCCCCN(CCN)C1CCCCC1. The first-order chi connectivity index (χ1) is 8.38. The standard InChI is InChI=1S/C15H32N2/c1-2-3-4-5-9-13-17(14-12-16)15-10-7-6-8-11-15/h15H,2-14,16H2,1H3. The zero-order chi connectivity index (χ0) is 12.3. The van der Waals surface area contributed by atoms with E-state index >= 15 is 0 Å². The van der Waals surface area contributed by atoms with Crippen molar-refractivity contribution in [2.75, 3.05) is 19.6 Å². The van der Waals surface area contributed by atoms with Crippen LogP contribution in [0.2, 0.25) is 0 Å². The maximum Gasteiger partial charge on any atom is 0.0108 e. The van der Waals surface area contributed by atoms with Gasteiger partial charge in [-0.05, 0) is 25.8 Å². The van der Waals surface area contributed by atoms with Crippen LogP contribution >= 0.6 is 0 Å². The Morgan fingerprint density at radius 1 is 0.941 bits per heavy atom. The Hall–Kier alpha value is -0.0800. The van der Waals surface area contributed by atoms with Gasteiger partial charge in [0.1, 0.15) is 0 Å². The Morgan fingerprint density at radius 3 is 2.29 bits per heavy atom. The van der Waals surface area contributed by atoms with Gasteiger partial charge in [-0.2, -0.15) is 0 Å². The van der Waals surface area contributed by atoms with Crippen LogP contribution in [0.3, 0.4) is 0 Å². The third kappa shape index (κ3) is 6.42. The molecule has 0 aliphatic heterocycles. The zero-order valence-corrected chi connectivity index (χ0v) is 11.8. The van der Waals surface area contributed by atoms with Crippen molar-refractivity contribution in [3.05, 3.63) is 0 Å². The molecule has 1 rings (SSSR count). The summed E-state index contributed by atoms with van der Waals surface area (Å²) in [4.78, 5) is 2.67. The minimum atomic E-state index is 0.825. The summed E-state index contributed by atoms with van der Waals surface area (Å²) in [5.41, 5.74) is 5.75. The van der Waals surface area contributed by atoms with Gasteiger partial charge in [-0.1, -0.05) is 51.9 Å². The quantitative estimate of drug-likeness (QED) is 0.625. The number of rotatable bonds is 9. The Morgan fingerprint density at radius 2 is 1.65 bits per heavy atom. The third-order valence-electron chi connectivity index (χ3n) is 4.06. The number of nitrogens with two attached hydrogens (primary N) is 1. The van der Waals surface area contributed by atoms with Crippen LogP contribution in [0.5, 0.6) is 0 Å². The molecule has 0 bridgehead atoms. The monoisotopic (exact) mass is 240 g/mol. The van der Waals surface area contributed by atoms with Crippen LogP contribution in [0.4, 0.5) is 0 Å². The van der Waals surface area contributed by atoms with Crippen molar-refractivity contribution < 1.29 is 0 Å². The highest BCUT2D eigenvalue weighted by molar-refractivity contribution is 4.76. The fourth-order valence-electron chi connectivity index (χ4n) is 3.01. The molecule has 1 fully saturated rings. The topological polar surface area (TPSA) is 29.3 Å². The summed E-state index contributed by atoms with van der Waals surface area (Å²) in [5.74, 6) is 0. The second-order valence-electron chi connectivity index (χ2n) is 5.53. The predicted octanol–water partition coefficient (Wildman–Crippen LogP) is 3.55. The van der Waals surface area contributed by atoms with Gasteiger partial charge in [0.15, 0.2) is 0 Å². The molecule has 2 N–H and O–H groups in total. The number of nitrogens with zero attached hydrogens (tertiary/aromatic N) is 1. The average molecular weight is 240 g/mol. The first-order valence-electron chi connectivity index (χ1n) is 7.82. The van der Waals surface area contributed by atoms with Crippen LogP contribution < -0.4 is 5.73 Å². The first kappa shape index (κ1) is 15.0. The molecular formula is C15H32N2. The molecular weight excluding hydrogens is 208 g/mol. The lowest BCUT2D eigenvalue weighted by atomic mass is 9.94. The average Bonchev–Trinajstić information content (AvgIpc) is 2.38. The van der Waals surface area contributed by atoms with Crippen molar-refractivity contribution in [1.82, 2.24) is 4.90 Å². The minimum Gasteiger partial charge on any atom is -0.329 e. The summed E-state index contributed by atoms with van der Waals surface area (Å²) < 4.78 is 0. The predicted molar refractivity (Wildman–Crippen MR) is 76.3 cm³/mol. The van der Waals surface area contributed by atoms with E-state index < -0.39 is 0 Å². The van der Waals surface area contributed by atoms with Crippen molar-refractivity contribution in [3.8, 4) is 0 Å². The molecule has 0 amide bonds. The summed E-state index contributed by atoms with van der Waals surface area (Å²) in [6.07, 6.45) is 14.1. The van der Waals surface area contributed by atoms with Crippen molar-refractivity contribution >= 4 is 0 Å². The Bertz CT molecular complexity index is 164. The van der Waals surface area contributed by atoms with Gasteiger partial charge in [-0.25, -0.2) is 0 Å². The van der Waals surface area contributed by atoms with Gasteiger partial charge in [0.25, 0.3) is 0 Å². The summed E-state index contributed by atoms with van der Waals surface area (Å²) in [5, 5.41) is 0. The zero-order valence-electron chi connectivity index (χ0n) is 11.8. The highest BCUT2D eigenvalue weighted by Gasteiger charge is 2.19. The molecule has 102 valence electrons. The molecule has 0 aromatic rings. The van der Waals surface area contributed by atoms with Gasteiger partial charge < -0.3 is 5.73 Å². The maximum atomic E-state index is 5.75. The van der Waals surface area contributed by atoms with Crippen molar-refractivity contribution in [1.29, 1.82) is 0 Å². The second kappa shape index (κ2) is 9.90. The maximum absolute atomic E-state index is 5.75. The van der Waals surface area contributed by atoms with E-state index in [1.54, 1.807) is 0 Å². The number of hydrogen-bond donors (Lipinski definition) is 1. The van der Waals surface area contributed by atoms with E-state index in [1.165, 1.54) is 70.8 Å². The third-order valence-corrected chi connectivity index (χ3v) is 4.06. The highest BCUT2D eigenvalue weighted by Crippen LogP contribution is 2.22.